The van der Waals surface area contributed by atoms with Crippen LogP contribution in [0.5, 0.6) is 0 Å². The number of rotatable bonds is 6. The van der Waals surface area contributed by atoms with Gasteiger partial charge in [0.15, 0.2) is 0 Å². The van der Waals surface area contributed by atoms with Crippen LogP contribution in [-0.4, -0.2) is 21.3 Å². The molecule has 0 fully saturated rings. The Kier molecular flexibility index (Phi) is 3.99. The molecule has 1 atom stereocenters. The van der Waals surface area contributed by atoms with Gasteiger partial charge in [0.05, 0.1) is 11.8 Å². The number of hydrogen-bond acceptors (Lipinski definition) is 5. The van der Waals surface area contributed by atoms with Gasteiger partial charge in [-0.2, -0.15) is 0 Å². The third kappa shape index (κ3) is 3.21. The predicted octanol–water partition coefficient (Wildman–Crippen LogP) is 2.55. The van der Waals surface area contributed by atoms with E-state index in [0.717, 1.165) is 17.7 Å². The zero-order valence-electron chi connectivity index (χ0n) is 10.9. The fraction of sp³-hybridized carbons (Fsp3) is 0.462. The van der Waals surface area contributed by atoms with E-state index in [4.69, 9.17) is 13.9 Å². The molecule has 2 rings (SSSR count). The van der Waals surface area contributed by atoms with Crippen LogP contribution >= 0.6 is 0 Å². The van der Waals surface area contributed by atoms with E-state index >= 15 is 0 Å². The minimum absolute atomic E-state index is 0.0409. The van der Waals surface area contributed by atoms with Crippen molar-refractivity contribution >= 4 is 5.97 Å². The molecule has 6 nitrogen and oxygen atoms in total. The maximum Gasteiger partial charge on any atom is 0.303 e. The maximum atomic E-state index is 10.6. The van der Waals surface area contributed by atoms with Crippen molar-refractivity contribution in [2.45, 2.75) is 33.1 Å². The lowest BCUT2D eigenvalue weighted by molar-refractivity contribution is -0.137. The maximum absolute atomic E-state index is 10.6. The number of aromatic nitrogens is 2. The largest absolute Gasteiger partial charge is 0.481 e. The van der Waals surface area contributed by atoms with E-state index in [2.05, 4.69) is 10.2 Å². The molecular weight excluding hydrogens is 248 g/mol. The second-order valence-corrected chi connectivity index (χ2v) is 4.52. The number of carbonyl (C=O) groups is 1. The van der Waals surface area contributed by atoms with E-state index in [1.165, 1.54) is 0 Å². The number of nitrogens with zero attached hydrogens (tertiary/aromatic N) is 2. The SMILES string of the molecule is CCc1occc1-c1nnc(CC(C)CC(=O)O)o1. The Morgan fingerprint density at radius 3 is 2.95 bits per heavy atom. The Hall–Kier alpha value is -2.11. The summed E-state index contributed by atoms with van der Waals surface area (Å²) in [5.74, 6) is 0.806. The van der Waals surface area contributed by atoms with Crippen molar-refractivity contribution < 1.29 is 18.7 Å². The highest BCUT2D eigenvalue weighted by Crippen LogP contribution is 2.24. The van der Waals surface area contributed by atoms with E-state index in [9.17, 15) is 4.79 Å². The highest BCUT2D eigenvalue weighted by molar-refractivity contribution is 5.66. The fourth-order valence-corrected chi connectivity index (χ4v) is 1.92. The molecule has 0 saturated heterocycles. The first-order valence-corrected chi connectivity index (χ1v) is 6.21. The molecule has 2 aromatic heterocycles. The molecule has 0 saturated carbocycles. The van der Waals surface area contributed by atoms with Crippen LogP contribution in [0.4, 0.5) is 0 Å². The third-order valence-corrected chi connectivity index (χ3v) is 2.81. The average molecular weight is 264 g/mol. The lowest BCUT2D eigenvalue weighted by Gasteiger charge is -2.03. The minimum atomic E-state index is -0.824. The molecule has 0 spiro atoms. The highest BCUT2D eigenvalue weighted by atomic mass is 16.4. The molecule has 1 unspecified atom stereocenters. The molecule has 0 aliphatic rings. The van der Waals surface area contributed by atoms with Gasteiger partial charge in [0, 0.05) is 19.3 Å². The second-order valence-electron chi connectivity index (χ2n) is 4.52. The number of carboxylic acid groups (broad SMARTS) is 1. The molecule has 0 aliphatic carbocycles. The Morgan fingerprint density at radius 1 is 1.47 bits per heavy atom. The summed E-state index contributed by atoms with van der Waals surface area (Å²) >= 11 is 0. The summed E-state index contributed by atoms with van der Waals surface area (Å²) in [6, 6.07) is 1.79. The van der Waals surface area contributed by atoms with Crippen LogP contribution in [0.1, 0.15) is 31.9 Å². The minimum Gasteiger partial charge on any atom is -0.481 e. The molecule has 1 N–H and O–H groups in total. The molecule has 102 valence electrons. The standard InChI is InChI=1S/C13H16N2O4/c1-3-10-9(4-5-18-10)13-15-14-11(19-13)6-8(2)7-12(16)17/h4-5,8H,3,6-7H2,1-2H3,(H,16,17). The van der Waals surface area contributed by atoms with E-state index in [0.29, 0.717) is 18.2 Å². The quantitative estimate of drug-likeness (QED) is 0.862. The first-order valence-electron chi connectivity index (χ1n) is 6.21. The summed E-state index contributed by atoms with van der Waals surface area (Å²) in [5, 5.41) is 16.6. The lowest BCUT2D eigenvalue weighted by Crippen LogP contribution is -2.07. The number of aliphatic carboxylic acids is 1. The van der Waals surface area contributed by atoms with Crippen LogP contribution in [0, 0.1) is 5.92 Å². The van der Waals surface area contributed by atoms with Crippen LogP contribution in [0.3, 0.4) is 0 Å². The fourth-order valence-electron chi connectivity index (χ4n) is 1.92. The molecule has 2 heterocycles. The summed E-state index contributed by atoms with van der Waals surface area (Å²) in [6.45, 7) is 3.82. The molecule has 0 aromatic carbocycles. The average Bonchev–Trinajstić information content (AvgIpc) is 2.94. The van der Waals surface area contributed by atoms with Crippen molar-refractivity contribution in [3.05, 3.63) is 24.0 Å². The third-order valence-electron chi connectivity index (χ3n) is 2.81. The molecular formula is C13H16N2O4. The second kappa shape index (κ2) is 5.69. The van der Waals surface area contributed by atoms with Crippen molar-refractivity contribution in [2.75, 3.05) is 0 Å². The molecule has 0 radical (unpaired) electrons. The van der Waals surface area contributed by atoms with Gasteiger partial charge in [-0.05, 0) is 12.0 Å². The number of aryl methyl sites for hydroxylation is 1. The molecule has 0 amide bonds. The summed E-state index contributed by atoms with van der Waals surface area (Å²) in [4.78, 5) is 10.6. The normalized spacial score (nSPS) is 12.5. The zero-order valence-corrected chi connectivity index (χ0v) is 10.9. The molecule has 6 heteroatoms. The summed E-state index contributed by atoms with van der Waals surface area (Å²) < 4.78 is 10.9. The van der Waals surface area contributed by atoms with Crippen molar-refractivity contribution in [3.8, 4) is 11.5 Å². The Balaban J connectivity index is 2.09. The van der Waals surface area contributed by atoms with Gasteiger partial charge < -0.3 is 13.9 Å². The van der Waals surface area contributed by atoms with E-state index in [1.54, 1.807) is 12.3 Å². The molecule has 0 aliphatic heterocycles. The van der Waals surface area contributed by atoms with Gasteiger partial charge in [-0.3, -0.25) is 4.79 Å². The number of furan rings is 1. The van der Waals surface area contributed by atoms with Crippen LogP contribution in [0.25, 0.3) is 11.5 Å². The first kappa shape index (κ1) is 13.3. The monoisotopic (exact) mass is 264 g/mol. The number of carboxylic acids is 1. The number of hydrogen-bond donors (Lipinski definition) is 1. The first-order chi connectivity index (χ1) is 9.10. The van der Waals surface area contributed by atoms with Gasteiger partial charge in [0.25, 0.3) is 5.89 Å². The van der Waals surface area contributed by atoms with E-state index in [-0.39, 0.29) is 12.3 Å². The Labute approximate surface area is 110 Å². The van der Waals surface area contributed by atoms with Crippen molar-refractivity contribution in [2.24, 2.45) is 5.92 Å². The van der Waals surface area contributed by atoms with E-state index in [1.807, 2.05) is 13.8 Å². The van der Waals surface area contributed by atoms with Crippen LogP contribution in [0.2, 0.25) is 0 Å². The summed E-state index contributed by atoms with van der Waals surface area (Å²) in [7, 11) is 0. The van der Waals surface area contributed by atoms with Gasteiger partial charge in [-0.15, -0.1) is 10.2 Å². The van der Waals surface area contributed by atoms with Gasteiger partial charge in [0.2, 0.25) is 5.89 Å². The van der Waals surface area contributed by atoms with Crippen LogP contribution in [0.15, 0.2) is 21.2 Å². The molecule has 0 bridgehead atoms. The highest BCUT2D eigenvalue weighted by Gasteiger charge is 2.17. The smallest absolute Gasteiger partial charge is 0.303 e. The zero-order chi connectivity index (χ0) is 13.8. The topological polar surface area (TPSA) is 89.4 Å². The summed E-state index contributed by atoms with van der Waals surface area (Å²) in [6.07, 6.45) is 2.88. The lowest BCUT2D eigenvalue weighted by atomic mass is 10.0. The van der Waals surface area contributed by atoms with Gasteiger partial charge >= 0.3 is 5.97 Å². The Morgan fingerprint density at radius 2 is 2.26 bits per heavy atom. The molecule has 19 heavy (non-hydrogen) atoms. The van der Waals surface area contributed by atoms with Crippen LogP contribution in [-0.2, 0) is 17.6 Å². The predicted molar refractivity (Wildman–Crippen MR) is 66.5 cm³/mol. The van der Waals surface area contributed by atoms with Crippen molar-refractivity contribution in [3.63, 3.8) is 0 Å². The van der Waals surface area contributed by atoms with E-state index < -0.39 is 5.97 Å². The molecule has 2 aromatic rings. The van der Waals surface area contributed by atoms with Gasteiger partial charge in [-0.25, -0.2) is 0 Å². The van der Waals surface area contributed by atoms with Gasteiger partial charge in [0.1, 0.15) is 5.76 Å². The van der Waals surface area contributed by atoms with Crippen molar-refractivity contribution in [1.82, 2.24) is 10.2 Å². The van der Waals surface area contributed by atoms with Crippen LogP contribution < -0.4 is 0 Å². The Bertz CT molecular complexity index is 558. The van der Waals surface area contributed by atoms with Crippen molar-refractivity contribution in [1.29, 1.82) is 0 Å². The summed E-state index contributed by atoms with van der Waals surface area (Å²) in [5.41, 5.74) is 0.798. The van der Waals surface area contributed by atoms with Gasteiger partial charge in [-0.1, -0.05) is 13.8 Å².